The number of alkyl halides is 3. The number of H-pyrrole nitrogens is 1. The fourth-order valence-corrected chi connectivity index (χ4v) is 6.37. The number of aromatic amines is 1. The third-order valence-electron chi connectivity index (χ3n) is 8.27. The molecule has 1 aliphatic carbocycles. The highest BCUT2D eigenvalue weighted by molar-refractivity contribution is 6.05. The molecule has 33 heavy (non-hydrogen) atoms. The van der Waals surface area contributed by atoms with Crippen LogP contribution < -0.4 is 4.90 Å². The molecule has 4 heterocycles. The largest absolute Gasteiger partial charge is 0.401 e. The van der Waals surface area contributed by atoms with Crippen molar-refractivity contribution in [2.24, 2.45) is 0 Å². The molecule has 0 bridgehead atoms. The van der Waals surface area contributed by atoms with E-state index < -0.39 is 12.7 Å². The summed E-state index contributed by atoms with van der Waals surface area (Å²) in [5.74, 6) is -0.0127. The molecule has 1 spiro atoms. The number of hydrogen-bond acceptors (Lipinski definition) is 5. The van der Waals surface area contributed by atoms with Gasteiger partial charge in [-0.2, -0.15) is 18.3 Å². The van der Waals surface area contributed by atoms with Gasteiger partial charge in [0.15, 0.2) is 5.69 Å². The van der Waals surface area contributed by atoms with E-state index in [1.807, 2.05) is 23.1 Å². The summed E-state index contributed by atoms with van der Waals surface area (Å²) < 4.78 is 38.4. The average Bonchev–Trinajstić information content (AvgIpc) is 3.01. The van der Waals surface area contributed by atoms with Crippen LogP contribution in [0.2, 0.25) is 0 Å². The number of benzene rings is 1. The van der Waals surface area contributed by atoms with Gasteiger partial charge in [-0.15, -0.1) is 0 Å². The number of rotatable bonds is 3. The molecule has 1 aromatic carbocycles. The van der Waals surface area contributed by atoms with Crippen LogP contribution in [0.15, 0.2) is 18.2 Å². The number of carbonyl (C=O) groups excluding carboxylic acids is 1. The Labute approximate surface area is 190 Å². The van der Waals surface area contributed by atoms with Gasteiger partial charge in [-0.25, -0.2) is 0 Å². The quantitative estimate of drug-likeness (QED) is 0.760. The molecule has 3 aliphatic heterocycles. The third kappa shape index (κ3) is 3.49. The number of piperazine rings is 1. The lowest BCUT2D eigenvalue weighted by Gasteiger charge is -2.68. The maximum absolute atomic E-state index is 13.6. The lowest BCUT2D eigenvalue weighted by atomic mass is 9.61. The first-order valence-corrected chi connectivity index (χ1v) is 11.9. The van der Waals surface area contributed by atoms with E-state index in [4.69, 9.17) is 0 Å². The summed E-state index contributed by atoms with van der Waals surface area (Å²) in [4.78, 5) is 21.7. The number of nitrogens with zero attached hydrogens (tertiary/aromatic N) is 5. The van der Waals surface area contributed by atoms with Crippen molar-refractivity contribution in [3.63, 3.8) is 0 Å². The van der Waals surface area contributed by atoms with E-state index in [1.54, 1.807) is 0 Å². The van der Waals surface area contributed by atoms with Crippen molar-refractivity contribution in [3.05, 3.63) is 23.9 Å². The molecule has 2 unspecified atom stereocenters. The summed E-state index contributed by atoms with van der Waals surface area (Å²) >= 11 is 0. The van der Waals surface area contributed by atoms with Gasteiger partial charge in [0.05, 0.1) is 18.1 Å². The van der Waals surface area contributed by atoms with E-state index in [0.29, 0.717) is 38.3 Å². The van der Waals surface area contributed by atoms with Gasteiger partial charge >= 0.3 is 6.18 Å². The molecule has 4 aliphatic rings. The van der Waals surface area contributed by atoms with E-state index in [-0.39, 0.29) is 17.5 Å². The molecule has 4 fully saturated rings. The molecule has 1 aromatic heterocycles. The lowest BCUT2D eigenvalue weighted by molar-refractivity contribution is -0.161. The SMILES string of the molecule is O=C(c1n[nH]c2ccc(N3CCCN(CC(F)(F)F)CC3)cc12)N1CCN2CCC23CCC13. The minimum absolute atomic E-state index is 0.0127. The van der Waals surface area contributed by atoms with Gasteiger partial charge < -0.3 is 9.80 Å². The zero-order valence-electron chi connectivity index (χ0n) is 18.6. The van der Waals surface area contributed by atoms with E-state index in [1.165, 1.54) is 17.7 Å². The van der Waals surface area contributed by atoms with Gasteiger partial charge in [0.1, 0.15) is 0 Å². The Kier molecular flexibility index (Phi) is 4.88. The second kappa shape index (κ2) is 7.59. The Hall–Kier alpha value is -2.33. The van der Waals surface area contributed by atoms with Crippen LogP contribution in [-0.2, 0) is 0 Å². The number of aromatic nitrogens is 2. The van der Waals surface area contributed by atoms with Crippen molar-refractivity contribution in [3.8, 4) is 0 Å². The summed E-state index contributed by atoms with van der Waals surface area (Å²) in [6.45, 7) is 3.95. The highest BCUT2D eigenvalue weighted by atomic mass is 19.4. The first kappa shape index (κ1) is 21.2. The van der Waals surface area contributed by atoms with Crippen LogP contribution in [-0.4, -0.2) is 101 Å². The Morgan fingerprint density at radius 3 is 2.70 bits per heavy atom. The van der Waals surface area contributed by atoms with Crippen LogP contribution in [0.1, 0.15) is 36.2 Å². The van der Waals surface area contributed by atoms with E-state index in [0.717, 1.165) is 42.6 Å². The van der Waals surface area contributed by atoms with Gasteiger partial charge in [0.25, 0.3) is 5.91 Å². The number of hydrogen-bond donors (Lipinski definition) is 1. The minimum atomic E-state index is -4.18. The number of amides is 1. The van der Waals surface area contributed by atoms with Crippen molar-refractivity contribution in [2.45, 2.75) is 43.4 Å². The Balaban J connectivity index is 1.22. The Morgan fingerprint density at radius 1 is 1.09 bits per heavy atom. The molecule has 1 saturated carbocycles. The van der Waals surface area contributed by atoms with Crippen LogP contribution in [0, 0.1) is 0 Å². The van der Waals surface area contributed by atoms with E-state index in [2.05, 4.69) is 20.0 Å². The molecule has 6 rings (SSSR count). The van der Waals surface area contributed by atoms with Crippen LogP contribution in [0.25, 0.3) is 10.9 Å². The maximum atomic E-state index is 13.6. The van der Waals surface area contributed by atoms with E-state index in [9.17, 15) is 18.0 Å². The first-order chi connectivity index (χ1) is 15.8. The summed E-state index contributed by atoms with van der Waals surface area (Å²) in [7, 11) is 0. The molecular weight excluding hydrogens is 433 g/mol. The van der Waals surface area contributed by atoms with Crippen LogP contribution in [0.3, 0.4) is 0 Å². The van der Waals surface area contributed by atoms with Crippen LogP contribution in [0.4, 0.5) is 18.9 Å². The van der Waals surface area contributed by atoms with Gasteiger partial charge in [-0.1, -0.05) is 0 Å². The summed E-state index contributed by atoms with van der Waals surface area (Å²) in [5, 5.41) is 8.18. The fraction of sp³-hybridized carbons (Fsp3) is 0.652. The summed E-state index contributed by atoms with van der Waals surface area (Å²) in [5.41, 5.74) is 2.40. The lowest BCUT2D eigenvalue weighted by Crippen LogP contribution is -2.79. The number of halogens is 3. The number of fused-ring (bicyclic) bond motifs is 1. The second-order valence-corrected chi connectivity index (χ2v) is 9.93. The summed E-state index contributed by atoms with van der Waals surface area (Å²) in [6.07, 6.45) is -0.109. The zero-order chi connectivity index (χ0) is 22.8. The predicted octanol–water partition coefficient (Wildman–Crippen LogP) is 2.70. The normalized spacial score (nSPS) is 28.6. The van der Waals surface area contributed by atoms with Gasteiger partial charge in [-0.3, -0.25) is 19.7 Å². The molecular formula is C23H29F3N6O. The number of nitrogens with one attached hydrogen (secondary N) is 1. The smallest absolute Gasteiger partial charge is 0.370 e. The molecule has 2 aromatic rings. The molecule has 10 heteroatoms. The molecule has 2 atom stereocenters. The van der Waals surface area contributed by atoms with E-state index >= 15 is 0 Å². The molecule has 178 valence electrons. The summed E-state index contributed by atoms with van der Waals surface area (Å²) in [6, 6.07) is 6.14. The average molecular weight is 463 g/mol. The van der Waals surface area contributed by atoms with Crippen molar-refractivity contribution >= 4 is 22.5 Å². The highest BCUT2D eigenvalue weighted by Gasteiger charge is 2.61. The molecule has 1 N–H and O–H groups in total. The van der Waals surface area contributed by atoms with Gasteiger partial charge in [-0.05, 0) is 43.9 Å². The fourth-order valence-electron chi connectivity index (χ4n) is 6.37. The van der Waals surface area contributed by atoms with Gasteiger partial charge in [0.2, 0.25) is 0 Å². The van der Waals surface area contributed by atoms with Crippen molar-refractivity contribution in [1.29, 1.82) is 0 Å². The first-order valence-electron chi connectivity index (χ1n) is 11.9. The molecule has 0 radical (unpaired) electrons. The standard InChI is InChI=1S/C23H29F3N6O/c24-23(25,26)15-29-7-1-8-30(11-10-29)16-2-3-18-17(14-16)20(28-27-18)21(33)32-13-12-31-9-6-22(31)5-4-19(22)32/h2-3,14,19H,1,4-13,15H2,(H,27,28). The predicted molar refractivity (Wildman–Crippen MR) is 118 cm³/mol. The zero-order valence-corrected chi connectivity index (χ0v) is 18.6. The molecule has 1 amide bonds. The second-order valence-electron chi connectivity index (χ2n) is 9.93. The highest BCUT2D eigenvalue weighted by Crippen LogP contribution is 2.51. The minimum Gasteiger partial charge on any atom is -0.370 e. The van der Waals surface area contributed by atoms with Crippen LogP contribution >= 0.6 is 0 Å². The van der Waals surface area contributed by atoms with Crippen molar-refractivity contribution < 1.29 is 18.0 Å². The molecule has 7 nitrogen and oxygen atoms in total. The number of carbonyl (C=O) groups is 1. The molecule has 3 saturated heterocycles. The number of anilines is 1. The van der Waals surface area contributed by atoms with Crippen molar-refractivity contribution in [2.75, 3.05) is 57.3 Å². The van der Waals surface area contributed by atoms with Crippen LogP contribution in [0.5, 0.6) is 0 Å². The van der Waals surface area contributed by atoms with Gasteiger partial charge in [0, 0.05) is 62.4 Å². The Morgan fingerprint density at radius 2 is 1.97 bits per heavy atom. The monoisotopic (exact) mass is 462 g/mol. The topological polar surface area (TPSA) is 58.7 Å². The van der Waals surface area contributed by atoms with Crippen molar-refractivity contribution in [1.82, 2.24) is 24.9 Å². The maximum Gasteiger partial charge on any atom is 0.401 e. The third-order valence-corrected chi connectivity index (χ3v) is 8.27. The Bertz CT molecular complexity index is 1070.